The molecule has 0 saturated heterocycles. The van der Waals surface area contributed by atoms with Gasteiger partial charge in [0, 0.05) is 11.8 Å². The van der Waals surface area contributed by atoms with E-state index in [9.17, 15) is 9.50 Å². The Labute approximate surface area is 122 Å². The van der Waals surface area contributed by atoms with E-state index in [1.807, 2.05) is 24.3 Å². The molecule has 2 unspecified atom stereocenters. The second-order valence-corrected chi connectivity index (χ2v) is 4.66. The molecule has 0 aliphatic carbocycles. The van der Waals surface area contributed by atoms with Crippen LogP contribution < -0.4 is 5.32 Å². The van der Waals surface area contributed by atoms with Gasteiger partial charge in [0.05, 0.1) is 12.1 Å². The van der Waals surface area contributed by atoms with E-state index in [1.54, 1.807) is 31.4 Å². The van der Waals surface area contributed by atoms with Gasteiger partial charge in [-0.3, -0.25) is 0 Å². The van der Waals surface area contributed by atoms with Crippen LogP contribution in [0.2, 0.25) is 0 Å². The third-order valence-electron chi connectivity index (χ3n) is 3.38. The smallest absolute Gasteiger partial charge is 0.140 e. The molecular formula is C16H16FN3O. The fourth-order valence-corrected chi connectivity index (χ4v) is 2.06. The van der Waals surface area contributed by atoms with Crippen molar-refractivity contribution in [2.75, 3.05) is 13.7 Å². The molecule has 0 aliphatic heterocycles. The SMILES string of the molecule is CNC(CF)C(O)c1ccc(-c2ccc(C#N)nc2)cc1. The highest BCUT2D eigenvalue weighted by atomic mass is 19.1. The predicted octanol–water partition coefficient (Wildman–Crippen LogP) is 2.21. The number of hydrogen-bond donors (Lipinski definition) is 2. The molecule has 2 aromatic rings. The maximum atomic E-state index is 12.8. The van der Waals surface area contributed by atoms with Crippen LogP contribution in [0.3, 0.4) is 0 Å². The first-order valence-electron chi connectivity index (χ1n) is 6.57. The van der Waals surface area contributed by atoms with Gasteiger partial charge in [0.2, 0.25) is 0 Å². The lowest BCUT2D eigenvalue weighted by Crippen LogP contribution is -2.33. The van der Waals surface area contributed by atoms with E-state index >= 15 is 0 Å². The lowest BCUT2D eigenvalue weighted by molar-refractivity contribution is 0.117. The quantitative estimate of drug-likeness (QED) is 0.883. The summed E-state index contributed by atoms with van der Waals surface area (Å²) in [6, 6.07) is 12.0. The number of nitriles is 1. The van der Waals surface area contributed by atoms with Crippen molar-refractivity contribution in [3.05, 3.63) is 53.9 Å². The molecule has 0 fully saturated rings. The second-order valence-electron chi connectivity index (χ2n) is 4.66. The number of nitrogens with one attached hydrogen (secondary N) is 1. The van der Waals surface area contributed by atoms with Gasteiger partial charge >= 0.3 is 0 Å². The Morgan fingerprint density at radius 2 is 1.90 bits per heavy atom. The van der Waals surface area contributed by atoms with Crippen LogP contribution in [0.15, 0.2) is 42.6 Å². The summed E-state index contributed by atoms with van der Waals surface area (Å²) in [5.74, 6) is 0. The maximum Gasteiger partial charge on any atom is 0.140 e. The Kier molecular flexibility index (Phi) is 4.99. The Bertz CT molecular complexity index is 615. The van der Waals surface area contributed by atoms with Gasteiger partial charge in [0.25, 0.3) is 0 Å². The number of rotatable bonds is 5. The van der Waals surface area contributed by atoms with E-state index in [4.69, 9.17) is 5.26 Å². The zero-order chi connectivity index (χ0) is 15.2. The largest absolute Gasteiger partial charge is 0.387 e. The van der Waals surface area contributed by atoms with Gasteiger partial charge in [-0.15, -0.1) is 0 Å². The molecule has 2 rings (SSSR count). The first-order valence-corrected chi connectivity index (χ1v) is 6.57. The van der Waals surface area contributed by atoms with Gasteiger partial charge in [-0.25, -0.2) is 9.37 Å². The first kappa shape index (κ1) is 15.1. The Hall–Kier alpha value is -2.29. The molecule has 5 heteroatoms. The monoisotopic (exact) mass is 285 g/mol. The molecule has 108 valence electrons. The number of nitrogens with zero attached hydrogens (tertiary/aromatic N) is 2. The molecule has 4 nitrogen and oxygen atoms in total. The maximum absolute atomic E-state index is 12.8. The van der Waals surface area contributed by atoms with Gasteiger partial charge < -0.3 is 10.4 Å². The van der Waals surface area contributed by atoms with Crippen molar-refractivity contribution in [3.63, 3.8) is 0 Å². The highest BCUT2D eigenvalue weighted by molar-refractivity contribution is 5.63. The molecule has 0 bridgehead atoms. The number of hydrogen-bond acceptors (Lipinski definition) is 4. The van der Waals surface area contributed by atoms with Crippen LogP contribution in [0.4, 0.5) is 4.39 Å². The standard InChI is InChI=1S/C16H16FN3O/c1-19-15(8-17)16(21)12-4-2-11(3-5-12)13-6-7-14(9-18)20-10-13/h2-7,10,15-16,19,21H,8H2,1H3. The Morgan fingerprint density at radius 3 is 2.38 bits per heavy atom. The third kappa shape index (κ3) is 3.43. The lowest BCUT2D eigenvalue weighted by Gasteiger charge is -2.20. The molecule has 1 heterocycles. The molecule has 1 aromatic heterocycles. The molecule has 0 spiro atoms. The number of halogens is 1. The third-order valence-corrected chi connectivity index (χ3v) is 3.38. The summed E-state index contributed by atoms with van der Waals surface area (Å²) in [6.07, 6.45) is 0.732. The van der Waals surface area contributed by atoms with Crippen LogP contribution in [0.1, 0.15) is 17.4 Å². The fourth-order valence-electron chi connectivity index (χ4n) is 2.06. The topological polar surface area (TPSA) is 68.9 Å². The lowest BCUT2D eigenvalue weighted by atomic mass is 9.99. The van der Waals surface area contributed by atoms with Crippen LogP contribution in [-0.4, -0.2) is 29.9 Å². The first-order chi connectivity index (χ1) is 10.2. The van der Waals surface area contributed by atoms with E-state index in [0.29, 0.717) is 11.3 Å². The Morgan fingerprint density at radius 1 is 1.24 bits per heavy atom. The number of benzene rings is 1. The summed E-state index contributed by atoms with van der Waals surface area (Å²) < 4.78 is 12.8. The molecule has 2 atom stereocenters. The molecule has 0 saturated carbocycles. The van der Waals surface area contributed by atoms with Gasteiger partial charge in [0.1, 0.15) is 18.4 Å². The van der Waals surface area contributed by atoms with E-state index in [-0.39, 0.29) is 0 Å². The highest BCUT2D eigenvalue weighted by Gasteiger charge is 2.18. The van der Waals surface area contributed by atoms with Crippen molar-refractivity contribution in [2.24, 2.45) is 0 Å². The number of pyridine rings is 1. The van der Waals surface area contributed by atoms with E-state index in [2.05, 4.69) is 10.3 Å². The van der Waals surface area contributed by atoms with Crippen molar-refractivity contribution in [1.29, 1.82) is 5.26 Å². The minimum absolute atomic E-state index is 0.366. The number of aromatic nitrogens is 1. The minimum atomic E-state index is -0.895. The summed E-state index contributed by atoms with van der Waals surface area (Å²) in [7, 11) is 1.62. The Balaban J connectivity index is 2.20. The summed E-state index contributed by atoms with van der Waals surface area (Å²) in [5.41, 5.74) is 2.82. The van der Waals surface area contributed by atoms with E-state index < -0.39 is 18.8 Å². The molecule has 0 amide bonds. The second kappa shape index (κ2) is 6.93. The summed E-state index contributed by atoms with van der Waals surface area (Å²) in [5, 5.41) is 21.5. The van der Waals surface area contributed by atoms with Crippen LogP contribution >= 0.6 is 0 Å². The van der Waals surface area contributed by atoms with Crippen LogP contribution in [0.5, 0.6) is 0 Å². The predicted molar refractivity (Wildman–Crippen MR) is 78.2 cm³/mol. The van der Waals surface area contributed by atoms with E-state index in [1.165, 1.54) is 0 Å². The van der Waals surface area contributed by atoms with Crippen molar-refractivity contribution in [1.82, 2.24) is 10.3 Å². The summed E-state index contributed by atoms with van der Waals surface area (Å²) in [4.78, 5) is 4.02. The molecule has 1 aromatic carbocycles. The summed E-state index contributed by atoms with van der Waals surface area (Å²) >= 11 is 0. The zero-order valence-electron chi connectivity index (χ0n) is 11.6. The highest BCUT2D eigenvalue weighted by Crippen LogP contribution is 2.23. The normalized spacial score (nSPS) is 13.4. The average molecular weight is 285 g/mol. The zero-order valence-corrected chi connectivity index (χ0v) is 11.6. The minimum Gasteiger partial charge on any atom is -0.387 e. The van der Waals surface area contributed by atoms with Gasteiger partial charge in [-0.2, -0.15) is 5.26 Å². The summed E-state index contributed by atoms with van der Waals surface area (Å²) in [6.45, 7) is -0.640. The van der Waals surface area contributed by atoms with Crippen LogP contribution in [0, 0.1) is 11.3 Å². The number of likely N-dealkylation sites (N-methyl/N-ethyl adjacent to an activating group) is 1. The molecule has 0 aliphatic rings. The number of alkyl halides is 1. The van der Waals surface area contributed by atoms with E-state index in [0.717, 1.165) is 11.1 Å². The fraction of sp³-hybridized carbons (Fsp3) is 0.250. The van der Waals surface area contributed by atoms with Gasteiger partial charge in [-0.1, -0.05) is 24.3 Å². The van der Waals surface area contributed by atoms with Gasteiger partial charge in [0.15, 0.2) is 0 Å². The van der Waals surface area contributed by atoms with Gasteiger partial charge in [-0.05, 0) is 30.3 Å². The molecule has 21 heavy (non-hydrogen) atoms. The molecule has 0 radical (unpaired) electrons. The number of aliphatic hydroxyl groups is 1. The molecular weight excluding hydrogens is 269 g/mol. The van der Waals surface area contributed by atoms with Crippen molar-refractivity contribution in [2.45, 2.75) is 12.1 Å². The van der Waals surface area contributed by atoms with Crippen molar-refractivity contribution >= 4 is 0 Å². The van der Waals surface area contributed by atoms with Crippen LogP contribution in [-0.2, 0) is 0 Å². The van der Waals surface area contributed by atoms with Crippen LogP contribution in [0.25, 0.3) is 11.1 Å². The molecule has 2 N–H and O–H groups in total. The number of aliphatic hydroxyl groups excluding tert-OH is 1. The van der Waals surface area contributed by atoms with Crippen molar-refractivity contribution < 1.29 is 9.50 Å². The van der Waals surface area contributed by atoms with Crippen molar-refractivity contribution in [3.8, 4) is 17.2 Å². The average Bonchev–Trinajstić information content (AvgIpc) is 2.56.